The fourth-order valence-electron chi connectivity index (χ4n) is 9.94. The van der Waals surface area contributed by atoms with Crippen molar-refractivity contribution in [3.63, 3.8) is 0 Å². The Labute approximate surface area is 466 Å². The zero-order chi connectivity index (χ0) is 56.1. The maximum Gasteiger partial charge on any atom is 0.342 e. The van der Waals surface area contributed by atoms with E-state index >= 15 is 0 Å². The molecule has 0 saturated carbocycles. The van der Waals surface area contributed by atoms with Crippen LogP contribution in [0.15, 0.2) is 11.6 Å². The van der Waals surface area contributed by atoms with Gasteiger partial charge in [-0.05, 0) is 57.9 Å². The van der Waals surface area contributed by atoms with E-state index in [1.54, 1.807) is 7.11 Å². The van der Waals surface area contributed by atoms with Crippen molar-refractivity contribution in [2.45, 2.75) is 297 Å². The predicted molar refractivity (Wildman–Crippen MR) is 305 cm³/mol. The van der Waals surface area contributed by atoms with Gasteiger partial charge in [0.05, 0.1) is 14.2 Å². The Morgan fingerprint density at radius 2 is 0.883 bits per heavy atom. The van der Waals surface area contributed by atoms with Gasteiger partial charge in [-0.15, -0.1) is 0 Å². The van der Waals surface area contributed by atoms with E-state index in [0.717, 1.165) is 81.8 Å². The molecule has 0 aromatic heterocycles. The smallest absolute Gasteiger partial charge is 0.342 e. The lowest BCUT2D eigenvalue weighted by Gasteiger charge is -2.19. The molecule has 0 fully saturated rings. The number of cyclic esters (lactones) is 1. The normalized spacial score (nSPS) is 12.1. The molecule has 440 valence electrons. The van der Waals surface area contributed by atoms with Gasteiger partial charge in [-0.2, -0.15) is 0 Å². The predicted octanol–water partition coefficient (Wildman–Crippen LogP) is 16.5. The van der Waals surface area contributed by atoms with Crippen LogP contribution >= 0.6 is 0 Å². The molecule has 0 bridgehead atoms. The Kier molecular flexibility index (Phi) is 40.5. The number of carbonyl (C=O) groups excluding carboxylic acids is 6. The molecule has 1 aromatic carbocycles. The molecular weight excluding hydrogens is 977 g/mol. The van der Waals surface area contributed by atoms with Crippen LogP contribution in [0.2, 0.25) is 0 Å². The molecule has 1 aliphatic rings. The lowest BCUT2D eigenvalue weighted by Crippen LogP contribution is -2.30. The third kappa shape index (κ3) is 32.9. The maximum atomic E-state index is 13.3. The van der Waals surface area contributed by atoms with Gasteiger partial charge in [0, 0.05) is 43.2 Å². The summed E-state index contributed by atoms with van der Waals surface area (Å²) < 4.78 is 38.7. The number of benzene rings is 1. The lowest BCUT2D eigenvalue weighted by atomic mass is 9.94. The van der Waals surface area contributed by atoms with Crippen molar-refractivity contribution in [3.05, 3.63) is 33.9 Å². The molecule has 1 aliphatic heterocycles. The largest absolute Gasteiger partial charge is 0.496 e. The number of fused-ring (bicyclic) bond motifs is 1. The molecule has 1 heterocycles. The van der Waals surface area contributed by atoms with Gasteiger partial charge < -0.3 is 33.2 Å². The Bertz CT molecular complexity index is 1790. The standard InChI is InChI=1S/C64H106O13/c1-7-9-11-13-15-17-19-21-23-25-28-32-36-40-57(66)73-48-53(49-74-58(67)41-37-33-29-26-24-22-20-18-16-14-12-10-8-2)76-59(68)42-38-34-30-27-31-35-39-43-60(69)77-63-54(46-44-51(3)45-47-56(65)71-5)62(72-6)52(4)55-50-75-64(70)61(55)63/h44,53H,7-43,45-50H2,1-6H3/b51-44+. The van der Waals surface area contributed by atoms with E-state index in [2.05, 4.69) is 13.8 Å². The lowest BCUT2D eigenvalue weighted by molar-refractivity contribution is -0.167. The maximum absolute atomic E-state index is 13.3. The highest BCUT2D eigenvalue weighted by Crippen LogP contribution is 2.43. The van der Waals surface area contributed by atoms with Crippen molar-refractivity contribution < 1.29 is 61.9 Å². The van der Waals surface area contributed by atoms with Gasteiger partial charge in [0.2, 0.25) is 0 Å². The first-order valence-electron chi connectivity index (χ1n) is 30.8. The van der Waals surface area contributed by atoms with Gasteiger partial charge >= 0.3 is 35.8 Å². The molecule has 77 heavy (non-hydrogen) atoms. The zero-order valence-corrected chi connectivity index (χ0v) is 49.4. The highest BCUT2D eigenvalue weighted by Gasteiger charge is 2.34. The van der Waals surface area contributed by atoms with E-state index in [0.29, 0.717) is 55.4 Å². The summed E-state index contributed by atoms with van der Waals surface area (Å²) in [6, 6.07) is 0. The number of esters is 6. The molecule has 0 atom stereocenters. The van der Waals surface area contributed by atoms with Crippen LogP contribution in [0.5, 0.6) is 11.5 Å². The second-order valence-corrected chi connectivity index (χ2v) is 21.6. The van der Waals surface area contributed by atoms with Gasteiger partial charge in [0.15, 0.2) is 11.9 Å². The van der Waals surface area contributed by atoms with E-state index in [4.69, 9.17) is 33.2 Å². The summed E-state index contributed by atoms with van der Waals surface area (Å²) in [6.45, 7) is 8.05. The summed E-state index contributed by atoms with van der Waals surface area (Å²) in [5, 5.41) is 0. The Morgan fingerprint density at radius 1 is 0.494 bits per heavy atom. The number of unbranched alkanes of at least 4 members (excludes halogenated alkanes) is 30. The first-order chi connectivity index (χ1) is 37.4. The Balaban J connectivity index is 1.76. The molecule has 0 amide bonds. The van der Waals surface area contributed by atoms with Crippen LogP contribution in [0.1, 0.15) is 298 Å². The topological polar surface area (TPSA) is 167 Å². The highest BCUT2D eigenvalue weighted by atomic mass is 16.6. The van der Waals surface area contributed by atoms with E-state index in [9.17, 15) is 28.8 Å². The van der Waals surface area contributed by atoms with Gasteiger partial charge in [0.1, 0.15) is 31.1 Å². The number of ether oxygens (including phenoxy) is 7. The first kappa shape index (κ1) is 68.7. The quantitative estimate of drug-likeness (QED) is 0.0199. The number of hydrogen-bond acceptors (Lipinski definition) is 13. The highest BCUT2D eigenvalue weighted by molar-refractivity contribution is 5.99. The molecule has 0 saturated heterocycles. The Morgan fingerprint density at radius 3 is 1.29 bits per heavy atom. The van der Waals surface area contributed by atoms with Crippen molar-refractivity contribution in [3.8, 4) is 11.5 Å². The third-order valence-electron chi connectivity index (χ3n) is 14.8. The monoisotopic (exact) mass is 1080 g/mol. The molecule has 0 aliphatic carbocycles. The summed E-state index contributed by atoms with van der Waals surface area (Å²) in [5.74, 6) is -1.66. The number of carbonyl (C=O) groups is 6. The average molecular weight is 1080 g/mol. The number of allylic oxidation sites excluding steroid dienone is 2. The van der Waals surface area contributed by atoms with Gasteiger partial charge in [-0.3, -0.25) is 24.0 Å². The summed E-state index contributed by atoms with van der Waals surface area (Å²) in [5.41, 5.74) is 3.17. The SMILES string of the molecule is CCCCCCCCCCCCCCCC(=O)OCC(COC(=O)CCCCCCCCCCCCCCC)OC(=O)CCCCCCCCCC(=O)Oc1c(C/C=C(\C)CCC(=O)OC)c(OC)c(C)c2c1C(=O)OC2. The molecule has 0 unspecified atom stereocenters. The molecule has 0 N–H and O–H groups in total. The zero-order valence-electron chi connectivity index (χ0n) is 49.4. The molecular formula is C64H106O13. The molecule has 13 heteroatoms. The summed E-state index contributed by atoms with van der Waals surface area (Å²) in [4.78, 5) is 76.3. The third-order valence-corrected chi connectivity index (χ3v) is 14.8. The number of methoxy groups -OCH3 is 2. The summed E-state index contributed by atoms with van der Waals surface area (Å²) >= 11 is 0. The van der Waals surface area contributed by atoms with Gasteiger partial charge in [-0.1, -0.05) is 212 Å². The molecule has 0 spiro atoms. The Hall–Kier alpha value is -4.42. The molecule has 0 radical (unpaired) electrons. The van der Waals surface area contributed by atoms with Crippen molar-refractivity contribution >= 4 is 35.8 Å². The van der Waals surface area contributed by atoms with Crippen LogP contribution in [0, 0.1) is 6.92 Å². The minimum absolute atomic E-state index is 0.0738. The second kappa shape index (κ2) is 45.4. The van der Waals surface area contributed by atoms with Crippen LogP contribution in [0.4, 0.5) is 0 Å². The van der Waals surface area contributed by atoms with E-state index in [-0.39, 0.29) is 68.3 Å². The summed E-state index contributed by atoms with van der Waals surface area (Å²) in [7, 11) is 2.90. The van der Waals surface area contributed by atoms with Crippen molar-refractivity contribution in [2.24, 2.45) is 0 Å². The van der Waals surface area contributed by atoms with E-state index < -0.39 is 24.0 Å². The van der Waals surface area contributed by atoms with Crippen LogP contribution in [0.25, 0.3) is 0 Å². The number of hydrogen-bond donors (Lipinski definition) is 0. The van der Waals surface area contributed by atoms with Crippen LogP contribution in [-0.2, 0) is 60.7 Å². The average Bonchev–Trinajstić information content (AvgIpc) is 3.87. The van der Waals surface area contributed by atoms with E-state index in [1.165, 1.54) is 136 Å². The van der Waals surface area contributed by atoms with Crippen molar-refractivity contribution in [1.29, 1.82) is 0 Å². The second-order valence-electron chi connectivity index (χ2n) is 21.6. The summed E-state index contributed by atoms with van der Waals surface area (Å²) in [6.07, 6.45) is 40.5. The minimum Gasteiger partial charge on any atom is -0.496 e. The van der Waals surface area contributed by atoms with Gasteiger partial charge in [-0.25, -0.2) is 4.79 Å². The van der Waals surface area contributed by atoms with Crippen LogP contribution in [0.3, 0.4) is 0 Å². The van der Waals surface area contributed by atoms with Crippen LogP contribution < -0.4 is 9.47 Å². The molecule has 13 nitrogen and oxygen atoms in total. The fraction of sp³-hybridized carbons (Fsp3) is 0.781. The molecule has 1 aromatic rings. The fourth-order valence-corrected chi connectivity index (χ4v) is 9.94. The van der Waals surface area contributed by atoms with Gasteiger partial charge in [0.25, 0.3) is 0 Å². The van der Waals surface area contributed by atoms with Crippen molar-refractivity contribution in [1.82, 2.24) is 0 Å². The molecule has 2 rings (SSSR count). The van der Waals surface area contributed by atoms with Crippen LogP contribution in [-0.4, -0.2) is 69.4 Å². The van der Waals surface area contributed by atoms with E-state index in [1.807, 2.05) is 19.9 Å². The number of rotatable bonds is 50. The first-order valence-corrected chi connectivity index (χ1v) is 30.8. The van der Waals surface area contributed by atoms with Crippen molar-refractivity contribution in [2.75, 3.05) is 27.4 Å². The minimum atomic E-state index is -0.861.